The van der Waals surface area contributed by atoms with E-state index in [2.05, 4.69) is 0 Å². The van der Waals surface area contributed by atoms with Gasteiger partial charge in [-0.15, -0.1) is 0 Å². The third-order valence-corrected chi connectivity index (χ3v) is 4.68. The van der Waals surface area contributed by atoms with E-state index in [1.165, 1.54) is 11.8 Å². The number of carboxylic acid groups (broad SMARTS) is 1. The lowest BCUT2D eigenvalue weighted by atomic mass is 9.74. The van der Waals surface area contributed by atoms with Crippen molar-refractivity contribution in [1.82, 2.24) is 4.90 Å². The molecule has 0 bridgehead atoms. The van der Waals surface area contributed by atoms with Gasteiger partial charge in [-0.25, -0.2) is 4.79 Å². The zero-order valence-electron chi connectivity index (χ0n) is 10.6. The molecule has 19 heavy (non-hydrogen) atoms. The minimum absolute atomic E-state index is 0.000274. The summed E-state index contributed by atoms with van der Waals surface area (Å²) in [5.74, 6) is -3.19. The summed E-state index contributed by atoms with van der Waals surface area (Å²) in [7, 11) is 0. The summed E-state index contributed by atoms with van der Waals surface area (Å²) in [6, 6.07) is -1.58. The van der Waals surface area contributed by atoms with E-state index in [0.29, 0.717) is 0 Å². The highest BCUT2D eigenvalue weighted by atomic mass is 16.6. The molecule has 0 aromatic carbocycles. The summed E-state index contributed by atoms with van der Waals surface area (Å²) in [4.78, 5) is 36.1. The minimum atomic E-state index is -1.13. The number of carboxylic acids is 1. The molecular weight excluding hydrogens is 254 g/mol. The number of carbonyl (C=O) groups excluding carboxylic acids is 2. The number of nitrogens with zero attached hydrogens (tertiary/aromatic N) is 1. The van der Waals surface area contributed by atoms with Crippen LogP contribution < -0.4 is 0 Å². The number of hydrogen-bond donors (Lipinski definition) is 2. The van der Waals surface area contributed by atoms with Crippen LogP contribution in [0.25, 0.3) is 0 Å². The summed E-state index contributed by atoms with van der Waals surface area (Å²) in [6.45, 7) is 3.15. The van der Waals surface area contributed by atoms with Crippen molar-refractivity contribution >= 4 is 17.8 Å². The number of fused-ring (bicyclic) bond motifs is 3. The molecule has 2 N–H and O–H groups in total. The lowest BCUT2D eigenvalue weighted by Gasteiger charge is -2.49. The fraction of sp³-hybridized carbons (Fsp3) is 0.750. The highest BCUT2D eigenvalue weighted by molar-refractivity contribution is 5.94. The van der Waals surface area contributed by atoms with Crippen molar-refractivity contribution in [2.24, 2.45) is 11.8 Å². The summed E-state index contributed by atoms with van der Waals surface area (Å²) in [5.41, 5.74) is -1.00. The van der Waals surface area contributed by atoms with Crippen LogP contribution in [0, 0.1) is 11.8 Å². The summed E-state index contributed by atoms with van der Waals surface area (Å²) in [5, 5.41) is 19.0. The van der Waals surface area contributed by atoms with Crippen molar-refractivity contribution in [3.05, 3.63) is 0 Å². The highest BCUT2D eigenvalue weighted by Crippen LogP contribution is 2.55. The minimum Gasteiger partial charge on any atom is -0.480 e. The van der Waals surface area contributed by atoms with E-state index < -0.39 is 47.6 Å². The quantitative estimate of drug-likeness (QED) is 0.491. The second kappa shape index (κ2) is 3.47. The fourth-order valence-electron chi connectivity index (χ4n) is 3.88. The molecule has 0 aromatic heterocycles. The molecule has 3 aliphatic heterocycles. The van der Waals surface area contributed by atoms with E-state index in [9.17, 15) is 24.6 Å². The maximum absolute atomic E-state index is 12.0. The standard InChI is InChI=1S/C12H15NO6/c1-4(14)7-9-12(2)5(3-6(15)19-12)8(11(17)18)13(9)10(7)16/h4-5,7-9,14H,3H2,1-2H3,(H,17,18)/t4-,5+,7-,8-,9+,12+/m1/s1. The SMILES string of the molecule is C[C@@H](O)[C@H]1C(=O)N2[C@@H]1[C@@]1(C)OC(=O)C[C@H]1[C@@H]2C(=O)O. The number of rotatable bonds is 2. The van der Waals surface area contributed by atoms with E-state index in [0.717, 1.165) is 0 Å². The monoisotopic (exact) mass is 269 g/mol. The van der Waals surface area contributed by atoms with Crippen molar-refractivity contribution < 1.29 is 29.3 Å². The maximum atomic E-state index is 12.0. The number of amides is 1. The Morgan fingerprint density at radius 1 is 1.53 bits per heavy atom. The molecule has 3 rings (SSSR count). The van der Waals surface area contributed by atoms with Crippen LogP contribution in [-0.2, 0) is 19.1 Å². The van der Waals surface area contributed by atoms with Crippen molar-refractivity contribution in [3.63, 3.8) is 0 Å². The molecular formula is C12H15NO6. The maximum Gasteiger partial charge on any atom is 0.326 e. The molecule has 3 fully saturated rings. The summed E-state index contributed by atoms with van der Waals surface area (Å²) < 4.78 is 5.31. The molecule has 3 heterocycles. The first-order chi connectivity index (χ1) is 8.79. The summed E-state index contributed by atoms with van der Waals surface area (Å²) in [6.07, 6.45) is -0.890. The van der Waals surface area contributed by atoms with E-state index in [1.54, 1.807) is 6.92 Å². The summed E-state index contributed by atoms with van der Waals surface area (Å²) >= 11 is 0. The van der Waals surface area contributed by atoms with Gasteiger partial charge in [0, 0.05) is 5.92 Å². The molecule has 7 heteroatoms. The van der Waals surface area contributed by atoms with Crippen LogP contribution in [0.15, 0.2) is 0 Å². The van der Waals surface area contributed by atoms with E-state index >= 15 is 0 Å². The number of carbonyl (C=O) groups is 3. The number of β-lactam (4-membered cyclic amide) rings is 1. The van der Waals surface area contributed by atoms with Gasteiger partial charge in [-0.2, -0.15) is 0 Å². The Bertz CT molecular complexity index is 489. The predicted octanol–water partition coefficient (Wildman–Crippen LogP) is -1.02. The highest BCUT2D eigenvalue weighted by Gasteiger charge is 2.74. The lowest BCUT2D eigenvalue weighted by molar-refractivity contribution is -0.184. The average Bonchev–Trinajstić information content (AvgIpc) is 2.65. The second-order valence-corrected chi connectivity index (χ2v) is 5.71. The van der Waals surface area contributed by atoms with Gasteiger partial charge in [0.1, 0.15) is 11.6 Å². The van der Waals surface area contributed by atoms with Crippen LogP contribution in [-0.4, -0.2) is 56.7 Å². The molecule has 104 valence electrons. The predicted molar refractivity (Wildman–Crippen MR) is 59.8 cm³/mol. The molecule has 0 spiro atoms. The largest absolute Gasteiger partial charge is 0.480 e. The second-order valence-electron chi connectivity index (χ2n) is 5.71. The van der Waals surface area contributed by atoms with Crippen LogP contribution in [0.2, 0.25) is 0 Å². The number of aliphatic carboxylic acids is 1. The Morgan fingerprint density at radius 2 is 2.16 bits per heavy atom. The van der Waals surface area contributed by atoms with Crippen LogP contribution in [0.5, 0.6) is 0 Å². The van der Waals surface area contributed by atoms with Crippen LogP contribution in [0.4, 0.5) is 0 Å². The van der Waals surface area contributed by atoms with Gasteiger partial charge >= 0.3 is 11.9 Å². The van der Waals surface area contributed by atoms with Gasteiger partial charge in [0.15, 0.2) is 0 Å². The number of aliphatic hydroxyl groups excluding tert-OH is 1. The molecule has 1 amide bonds. The topological polar surface area (TPSA) is 104 Å². The third kappa shape index (κ3) is 1.28. The van der Waals surface area contributed by atoms with E-state index in [-0.39, 0.29) is 12.3 Å². The molecule has 3 aliphatic rings. The number of hydrogen-bond acceptors (Lipinski definition) is 5. The van der Waals surface area contributed by atoms with Gasteiger partial charge in [0.2, 0.25) is 5.91 Å². The zero-order chi connectivity index (χ0) is 14.1. The lowest BCUT2D eigenvalue weighted by Crippen LogP contribution is -2.69. The first-order valence-corrected chi connectivity index (χ1v) is 6.24. The Morgan fingerprint density at radius 3 is 2.68 bits per heavy atom. The molecule has 0 saturated carbocycles. The number of esters is 1. The van der Waals surface area contributed by atoms with E-state index in [1.807, 2.05) is 0 Å². The first-order valence-electron chi connectivity index (χ1n) is 6.24. The molecule has 0 aromatic rings. The van der Waals surface area contributed by atoms with Crippen molar-refractivity contribution in [2.45, 2.75) is 44.1 Å². The van der Waals surface area contributed by atoms with Crippen LogP contribution >= 0.6 is 0 Å². The van der Waals surface area contributed by atoms with E-state index in [4.69, 9.17) is 4.74 Å². The Hall–Kier alpha value is -1.63. The molecule has 6 atom stereocenters. The number of ether oxygens (including phenoxy) is 1. The molecule has 0 radical (unpaired) electrons. The average molecular weight is 269 g/mol. The normalized spacial score (nSPS) is 45.3. The van der Waals surface area contributed by atoms with Gasteiger partial charge in [-0.05, 0) is 13.8 Å². The van der Waals surface area contributed by atoms with Crippen molar-refractivity contribution in [3.8, 4) is 0 Å². The molecule has 7 nitrogen and oxygen atoms in total. The van der Waals surface area contributed by atoms with Crippen molar-refractivity contribution in [1.29, 1.82) is 0 Å². The number of aliphatic hydroxyl groups is 1. The zero-order valence-corrected chi connectivity index (χ0v) is 10.6. The van der Waals surface area contributed by atoms with Gasteiger partial charge in [0.25, 0.3) is 0 Å². The van der Waals surface area contributed by atoms with Gasteiger partial charge < -0.3 is 19.8 Å². The van der Waals surface area contributed by atoms with Gasteiger partial charge in [-0.1, -0.05) is 0 Å². The Labute approximate surface area is 109 Å². The van der Waals surface area contributed by atoms with Gasteiger partial charge in [-0.3, -0.25) is 9.59 Å². The first kappa shape index (κ1) is 12.4. The van der Waals surface area contributed by atoms with Crippen LogP contribution in [0.3, 0.4) is 0 Å². The molecule has 3 saturated heterocycles. The molecule has 0 unspecified atom stereocenters. The smallest absolute Gasteiger partial charge is 0.326 e. The van der Waals surface area contributed by atoms with Gasteiger partial charge in [0.05, 0.1) is 24.5 Å². The fourth-order valence-corrected chi connectivity index (χ4v) is 3.88. The molecule has 0 aliphatic carbocycles. The Kier molecular flexibility index (Phi) is 2.27. The van der Waals surface area contributed by atoms with Crippen LogP contribution in [0.1, 0.15) is 20.3 Å². The van der Waals surface area contributed by atoms with Crippen molar-refractivity contribution in [2.75, 3.05) is 0 Å². The third-order valence-electron chi connectivity index (χ3n) is 4.68. The Balaban J connectivity index is 2.04.